The number of benzene rings is 1. The van der Waals surface area contributed by atoms with Crippen LogP contribution in [-0.2, 0) is 16.6 Å². The summed E-state index contributed by atoms with van der Waals surface area (Å²) in [6, 6.07) is 5.96. The Morgan fingerprint density at radius 1 is 1.32 bits per heavy atom. The van der Waals surface area contributed by atoms with Crippen molar-refractivity contribution < 1.29 is 13.3 Å². The summed E-state index contributed by atoms with van der Waals surface area (Å²) in [5, 5.41) is 14.8. The summed E-state index contributed by atoms with van der Waals surface area (Å²) in [5.41, 5.74) is 0.445. The first-order chi connectivity index (χ1) is 10.3. The van der Waals surface area contributed by atoms with Gasteiger partial charge in [0, 0.05) is 24.9 Å². The quantitative estimate of drug-likeness (QED) is 0.644. The van der Waals surface area contributed by atoms with Gasteiger partial charge in [-0.3, -0.25) is 14.8 Å². The van der Waals surface area contributed by atoms with Crippen molar-refractivity contribution in [2.45, 2.75) is 31.3 Å². The Morgan fingerprint density at radius 2 is 1.95 bits per heavy atom. The van der Waals surface area contributed by atoms with Crippen molar-refractivity contribution in [2.75, 3.05) is 0 Å². The molecule has 1 heterocycles. The van der Waals surface area contributed by atoms with Crippen molar-refractivity contribution in [3.8, 4) is 0 Å². The standard InChI is InChI=1S/C13H16N4O4S/c1-3-16-9-8-13(14-16)10(2)15-22(20,21)12-6-4-11(5-7-12)17(18)19/h4-10,15H,3H2,1-2H3/t10-/m1/s1. The van der Waals surface area contributed by atoms with E-state index < -0.39 is 21.0 Å². The lowest BCUT2D eigenvalue weighted by molar-refractivity contribution is -0.384. The predicted octanol–water partition coefficient (Wildman–Crippen LogP) is 1.85. The monoisotopic (exact) mass is 324 g/mol. The van der Waals surface area contributed by atoms with E-state index in [1.807, 2.05) is 6.92 Å². The van der Waals surface area contributed by atoms with E-state index in [9.17, 15) is 18.5 Å². The number of aromatic nitrogens is 2. The molecule has 0 radical (unpaired) electrons. The largest absolute Gasteiger partial charge is 0.273 e. The molecule has 1 atom stereocenters. The Labute approximate surface area is 128 Å². The van der Waals surface area contributed by atoms with Crippen LogP contribution in [0.2, 0.25) is 0 Å². The number of non-ortho nitro benzene ring substituents is 1. The third-order valence-electron chi connectivity index (χ3n) is 3.12. The number of nitrogens with zero attached hydrogens (tertiary/aromatic N) is 3. The van der Waals surface area contributed by atoms with Gasteiger partial charge in [0.1, 0.15) is 0 Å². The molecular weight excluding hydrogens is 308 g/mol. The minimum atomic E-state index is -3.77. The number of nitro groups is 1. The molecule has 0 saturated carbocycles. The van der Waals surface area contributed by atoms with Gasteiger partial charge < -0.3 is 0 Å². The highest BCUT2D eigenvalue weighted by atomic mass is 32.2. The molecule has 0 aliphatic rings. The molecule has 1 aromatic carbocycles. The highest BCUT2D eigenvalue weighted by Crippen LogP contribution is 2.18. The number of hydrogen-bond acceptors (Lipinski definition) is 5. The lowest BCUT2D eigenvalue weighted by Crippen LogP contribution is -2.27. The highest BCUT2D eigenvalue weighted by molar-refractivity contribution is 7.89. The van der Waals surface area contributed by atoms with E-state index in [0.29, 0.717) is 12.2 Å². The molecule has 0 aliphatic heterocycles. The van der Waals surface area contributed by atoms with E-state index in [-0.39, 0.29) is 10.6 Å². The molecule has 2 aromatic rings. The number of aryl methyl sites for hydroxylation is 1. The van der Waals surface area contributed by atoms with E-state index in [0.717, 1.165) is 12.1 Å². The zero-order chi connectivity index (χ0) is 16.3. The van der Waals surface area contributed by atoms with Crippen LogP contribution in [0.3, 0.4) is 0 Å². The van der Waals surface area contributed by atoms with Gasteiger partial charge in [0.15, 0.2) is 0 Å². The Bertz CT molecular complexity index is 768. The van der Waals surface area contributed by atoms with Crippen molar-refractivity contribution in [3.63, 3.8) is 0 Å². The second kappa shape index (κ2) is 6.24. The Kier molecular flexibility index (Phi) is 4.57. The van der Waals surface area contributed by atoms with Gasteiger partial charge in [0.2, 0.25) is 10.0 Å². The van der Waals surface area contributed by atoms with Gasteiger partial charge in [-0.25, -0.2) is 13.1 Å². The van der Waals surface area contributed by atoms with Gasteiger partial charge >= 0.3 is 0 Å². The smallest absolute Gasteiger partial charge is 0.269 e. The van der Waals surface area contributed by atoms with E-state index >= 15 is 0 Å². The van der Waals surface area contributed by atoms with Crippen LogP contribution in [0.25, 0.3) is 0 Å². The maximum Gasteiger partial charge on any atom is 0.269 e. The van der Waals surface area contributed by atoms with Crippen molar-refractivity contribution in [1.29, 1.82) is 0 Å². The summed E-state index contributed by atoms with van der Waals surface area (Å²) in [6.07, 6.45) is 1.77. The van der Waals surface area contributed by atoms with E-state index in [4.69, 9.17) is 0 Å². The average Bonchev–Trinajstić information content (AvgIpc) is 2.96. The second-order valence-electron chi connectivity index (χ2n) is 4.69. The molecular formula is C13H16N4O4S. The van der Waals surface area contributed by atoms with E-state index in [1.165, 1.54) is 12.1 Å². The third-order valence-corrected chi connectivity index (χ3v) is 4.68. The molecule has 0 aliphatic carbocycles. The number of rotatable bonds is 6. The van der Waals surface area contributed by atoms with Gasteiger partial charge in [-0.2, -0.15) is 5.10 Å². The molecule has 0 spiro atoms. The van der Waals surface area contributed by atoms with Crippen molar-refractivity contribution >= 4 is 15.7 Å². The van der Waals surface area contributed by atoms with Crippen LogP contribution in [-0.4, -0.2) is 23.1 Å². The molecule has 0 bridgehead atoms. The van der Waals surface area contributed by atoms with Crippen molar-refractivity contribution in [3.05, 3.63) is 52.3 Å². The Hall–Kier alpha value is -2.26. The number of nitrogens with one attached hydrogen (secondary N) is 1. The predicted molar refractivity (Wildman–Crippen MR) is 79.7 cm³/mol. The number of hydrogen-bond donors (Lipinski definition) is 1. The maximum atomic E-state index is 12.3. The molecule has 0 amide bonds. The summed E-state index contributed by atoms with van der Waals surface area (Å²) < 4.78 is 28.7. The highest BCUT2D eigenvalue weighted by Gasteiger charge is 2.20. The molecule has 22 heavy (non-hydrogen) atoms. The minimum Gasteiger partial charge on any atom is -0.273 e. The van der Waals surface area contributed by atoms with Crippen LogP contribution in [0, 0.1) is 10.1 Å². The first kappa shape index (κ1) is 16.1. The van der Waals surface area contributed by atoms with Crippen LogP contribution in [0.1, 0.15) is 25.6 Å². The summed E-state index contributed by atoms with van der Waals surface area (Å²) in [5.74, 6) is 0. The van der Waals surface area contributed by atoms with E-state index in [2.05, 4.69) is 9.82 Å². The molecule has 0 saturated heterocycles. The van der Waals surface area contributed by atoms with Crippen LogP contribution in [0.15, 0.2) is 41.4 Å². The number of nitro benzene ring substituents is 1. The SMILES string of the molecule is CCn1ccc([C@@H](C)NS(=O)(=O)c2ccc([N+](=O)[O-])cc2)n1. The van der Waals surface area contributed by atoms with Crippen molar-refractivity contribution in [1.82, 2.24) is 14.5 Å². The molecule has 8 nitrogen and oxygen atoms in total. The van der Waals surface area contributed by atoms with Gasteiger partial charge in [-0.1, -0.05) is 0 Å². The topological polar surface area (TPSA) is 107 Å². The first-order valence-electron chi connectivity index (χ1n) is 6.63. The molecule has 0 unspecified atom stereocenters. The number of sulfonamides is 1. The normalized spacial score (nSPS) is 13.0. The molecule has 118 valence electrons. The third kappa shape index (κ3) is 3.49. The lowest BCUT2D eigenvalue weighted by Gasteiger charge is -2.12. The fourth-order valence-electron chi connectivity index (χ4n) is 1.89. The summed E-state index contributed by atoms with van der Waals surface area (Å²) in [6.45, 7) is 4.32. The zero-order valence-corrected chi connectivity index (χ0v) is 12.9. The first-order valence-corrected chi connectivity index (χ1v) is 8.12. The van der Waals surface area contributed by atoms with Crippen LogP contribution >= 0.6 is 0 Å². The maximum absolute atomic E-state index is 12.3. The average molecular weight is 324 g/mol. The van der Waals surface area contributed by atoms with Gasteiger partial charge in [0.05, 0.1) is 21.6 Å². The van der Waals surface area contributed by atoms with Crippen LogP contribution < -0.4 is 4.72 Å². The van der Waals surface area contributed by atoms with Gasteiger partial charge in [-0.05, 0) is 32.0 Å². The summed E-state index contributed by atoms with van der Waals surface area (Å²) in [4.78, 5) is 9.98. The van der Waals surface area contributed by atoms with Gasteiger partial charge in [0.25, 0.3) is 5.69 Å². The molecule has 1 N–H and O–H groups in total. The summed E-state index contributed by atoms with van der Waals surface area (Å²) >= 11 is 0. The minimum absolute atomic E-state index is 0.0279. The Balaban J connectivity index is 2.17. The second-order valence-corrected chi connectivity index (χ2v) is 6.40. The molecule has 0 fully saturated rings. The van der Waals surface area contributed by atoms with Crippen molar-refractivity contribution in [2.24, 2.45) is 0 Å². The molecule has 9 heteroatoms. The fraction of sp³-hybridized carbons (Fsp3) is 0.308. The summed E-state index contributed by atoms with van der Waals surface area (Å²) in [7, 11) is -3.77. The fourth-order valence-corrected chi connectivity index (χ4v) is 3.11. The van der Waals surface area contributed by atoms with Crippen LogP contribution in [0.5, 0.6) is 0 Å². The van der Waals surface area contributed by atoms with Crippen LogP contribution in [0.4, 0.5) is 5.69 Å². The van der Waals surface area contributed by atoms with Gasteiger partial charge in [-0.15, -0.1) is 0 Å². The Morgan fingerprint density at radius 3 is 2.45 bits per heavy atom. The lowest BCUT2D eigenvalue weighted by atomic mass is 10.3. The zero-order valence-electron chi connectivity index (χ0n) is 12.1. The molecule has 2 rings (SSSR count). The van der Waals surface area contributed by atoms with E-state index in [1.54, 1.807) is 23.9 Å². The molecule has 1 aromatic heterocycles.